The molecule has 0 aromatic heterocycles. The maximum absolute atomic E-state index is 12.3. The Labute approximate surface area is 152 Å². The van der Waals surface area contributed by atoms with E-state index in [9.17, 15) is 4.79 Å². The summed E-state index contributed by atoms with van der Waals surface area (Å²) in [6, 6.07) is 10.8. The van der Waals surface area contributed by atoms with Crippen LogP contribution in [0.4, 0.5) is 5.69 Å². The van der Waals surface area contributed by atoms with Gasteiger partial charge in [0.2, 0.25) is 0 Å². The standard InChI is InChI=1S/C19H21Cl2NO2/c1-11(2)18-6-5-17(7-12(18)3)24-13(4)19(23)22-16-9-14(20)8-15(21)10-16/h5-11,13H,1-4H3,(H,22,23). The van der Waals surface area contributed by atoms with E-state index in [-0.39, 0.29) is 5.91 Å². The second-order valence-electron chi connectivity index (χ2n) is 6.08. The highest BCUT2D eigenvalue weighted by molar-refractivity contribution is 6.35. The number of carbonyl (C=O) groups excluding carboxylic acids is 1. The summed E-state index contributed by atoms with van der Waals surface area (Å²) in [5.74, 6) is 0.856. The van der Waals surface area contributed by atoms with E-state index in [1.54, 1.807) is 25.1 Å². The molecule has 0 radical (unpaired) electrons. The molecular formula is C19H21Cl2NO2. The van der Waals surface area contributed by atoms with Crippen LogP contribution >= 0.6 is 23.2 Å². The van der Waals surface area contributed by atoms with Crippen molar-refractivity contribution in [3.63, 3.8) is 0 Å². The Morgan fingerprint density at radius 1 is 1.04 bits per heavy atom. The minimum atomic E-state index is -0.646. The number of amides is 1. The molecule has 24 heavy (non-hydrogen) atoms. The van der Waals surface area contributed by atoms with Gasteiger partial charge >= 0.3 is 0 Å². The van der Waals surface area contributed by atoms with Gasteiger partial charge in [0, 0.05) is 15.7 Å². The number of rotatable bonds is 5. The summed E-state index contributed by atoms with van der Waals surface area (Å²) in [4.78, 5) is 12.3. The lowest BCUT2D eigenvalue weighted by molar-refractivity contribution is -0.122. The van der Waals surface area contributed by atoms with E-state index in [0.717, 1.165) is 5.56 Å². The van der Waals surface area contributed by atoms with Crippen LogP contribution in [-0.2, 0) is 4.79 Å². The summed E-state index contributed by atoms with van der Waals surface area (Å²) in [6.45, 7) is 8.04. The van der Waals surface area contributed by atoms with Crippen LogP contribution in [0.15, 0.2) is 36.4 Å². The fraction of sp³-hybridized carbons (Fsp3) is 0.316. The van der Waals surface area contributed by atoms with Crippen molar-refractivity contribution in [2.75, 3.05) is 5.32 Å². The molecule has 3 nitrogen and oxygen atoms in total. The van der Waals surface area contributed by atoms with Crippen molar-refractivity contribution in [2.45, 2.75) is 39.7 Å². The topological polar surface area (TPSA) is 38.3 Å². The summed E-state index contributed by atoms with van der Waals surface area (Å²) < 4.78 is 5.75. The third-order valence-corrected chi connectivity index (χ3v) is 4.11. The van der Waals surface area contributed by atoms with E-state index in [1.807, 2.05) is 25.1 Å². The van der Waals surface area contributed by atoms with Crippen LogP contribution in [0, 0.1) is 6.92 Å². The van der Waals surface area contributed by atoms with E-state index >= 15 is 0 Å². The molecule has 0 heterocycles. The number of aryl methyl sites for hydroxylation is 1. The first-order valence-electron chi connectivity index (χ1n) is 7.80. The Hall–Kier alpha value is -1.71. The smallest absolute Gasteiger partial charge is 0.265 e. The van der Waals surface area contributed by atoms with Gasteiger partial charge in [0.1, 0.15) is 5.75 Å². The average Bonchev–Trinajstić information content (AvgIpc) is 2.45. The number of benzene rings is 2. The molecule has 0 aliphatic heterocycles. The molecule has 1 N–H and O–H groups in total. The molecule has 0 saturated carbocycles. The summed E-state index contributed by atoms with van der Waals surface area (Å²) in [6.07, 6.45) is -0.646. The summed E-state index contributed by atoms with van der Waals surface area (Å²) in [7, 11) is 0. The van der Waals surface area contributed by atoms with E-state index in [0.29, 0.717) is 27.4 Å². The molecule has 0 spiro atoms. The van der Waals surface area contributed by atoms with Gasteiger partial charge in [0.25, 0.3) is 5.91 Å². The van der Waals surface area contributed by atoms with Crippen LogP contribution in [-0.4, -0.2) is 12.0 Å². The maximum atomic E-state index is 12.3. The Bertz CT molecular complexity index is 724. The summed E-state index contributed by atoms with van der Waals surface area (Å²) >= 11 is 11.9. The van der Waals surface area contributed by atoms with Crippen LogP contribution < -0.4 is 10.1 Å². The third-order valence-electron chi connectivity index (χ3n) is 3.68. The Morgan fingerprint density at radius 2 is 1.67 bits per heavy atom. The molecule has 1 unspecified atom stereocenters. The molecule has 2 aromatic carbocycles. The molecule has 0 aliphatic rings. The second-order valence-corrected chi connectivity index (χ2v) is 6.95. The van der Waals surface area contributed by atoms with Crippen LogP contribution in [0.5, 0.6) is 5.75 Å². The fourth-order valence-electron chi connectivity index (χ4n) is 2.50. The largest absolute Gasteiger partial charge is 0.481 e. The normalized spacial score (nSPS) is 12.1. The number of anilines is 1. The molecule has 0 bridgehead atoms. The highest BCUT2D eigenvalue weighted by Gasteiger charge is 2.16. The van der Waals surface area contributed by atoms with Gasteiger partial charge in [-0.15, -0.1) is 0 Å². The van der Waals surface area contributed by atoms with Gasteiger partial charge in [0.05, 0.1) is 0 Å². The highest BCUT2D eigenvalue weighted by Crippen LogP contribution is 2.25. The van der Waals surface area contributed by atoms with Crippen LogP contribution in [0.25, 0.3) is 0 Å². The number of ether oxygens (including phenoxy) is 1. The highest BCUT2D eigenvalue weighted by atomic mass is 35.5. The molecule has 0 saturated heterocycles. The first kappa shape index (κ1) is 18.6. The third kappa shape index (κ3) is 4.89. The Morgan fingerprint density at radius 3 is 2.21 bits per heavy atom. The van der Waals surface area contributed by atoms with Crippen molar-refractivity contribution >= 4 is 34.8 Å². The number of hydrogen-bond acceptors (Lipinski definition) is 2. The first-order valence-corrected chi connectivity index (χ1v) is 8.56. The zero-order valence-electron chi connectivity index (χ0n) is 14.2. The summed E-state index contributed by atoms with van der Waals surface area (Å²) in [5, 5.41) is 3.68. The molecule has 0 aliphatic carbocycles. The van der Waals surface area contributed by atoms with E-state index in [4.69, 9.17) is 27.9 Å². The van der Waals surface area contributed by atoms with Crippen molar-refractivity contribution in [1.82, 2.24) is 0 Å². The van der Waals surface area contributed by atoms with Crippen molar-refractivity contribution in [2.24, 2.45) is 0 Å². The lowest BCUT2D eigenvalue weighted by atomic mass is 9.98. The molecule has 1 amide bonds. The van der Waals surface area contributed by atoms with Gasteiger partial charge in [0.15, 0.2) is 6.10 Å². The van der Waals surface area contributed by atoms with Crippen LogP contribution in [0.2, 0.25) is 10.0 Å². The van der Waals surface area contributed by atoms with E-state index in [2.05, 4.69) is 19.2 Å². The molecule has 1 atom stereocenters. The Balaban J connectivity index is 2.04. The SMILES string of the molecule is Cc1cc(OC(C)C(=O)Nc2cc(Cl)cc(Cl)c2)ccc1C(C)C. The van der Waals surface area contributed by atoms with Gasteiger partial charge in [-0.05, 0) is 61.2 Å². The number of halogens is 2. The van der Waals surface area contributed by atoms with Crippen molar-refractivity contribution in [3.05, 3.63) is 57.6 Å². The Kier molecular flexibility index (Phi) is 6.14. The lowest BCUT2D eigenvalue weighted by Gasteiger charge is -2.17. The lowest BCUT2D eigenvalue weighted by Crippen LogP contribution is -2.30. The van der Waals surface area contributed by atoms with Gasteiger partial charge in [-0.1, -0.05) is 43.1 Å². The molecule has 2 aromatic rings. The quantitative estimate of drug-likeness (QED) is 0.723. The van der Waals surface area contributed by atoms with Gasteiger partial charge in [-0.25, -0.2) is 0 Å². The summed E-state index contributed by atoms with van der Waals surface area (Å²) in [5.41, 5.74) is 2.96. The molecule has 0 fully saturated rings. The maximum Gasteiger partial charge on any atom is 0.265 e. The predicted molar refractivity (Wildman–Crippen MR) is 100 cm³/mol. The van der Waals surface area contributed by atoms with Crippen molar-refractivity contribution in [1.29, 1.82) is 0 Å². The number of hydrogen-bond donors (Lipinski definition) is 1. The zero-order valence-corrected chi connectivity index (χ0v) is 15.7. The first-order chi connectivity index (χ1) is 11.3. The zero-order chi connectivity index (χ0) is 17.9. The van der Waals surface area contributed by atoms with Crippen LogP contribution in [0.3, 0.4) is 0 Å². The van der Waals surface area contributed by atoms with E-state index < -0.39 is 6.10 Å². The van der Waals surface area contributed by atoms with Gasteiger partial charge < -0.3 is 10.1 Å². The average molecular weight is 366 g/mol. The van der Waals surface area contributed by atoms with Crippen LogP contribution in [0.1, 0.15) is 37.8 Å². The minimum Gasteiger partial charge on any atom is -0.481 e. The molecular weight excluding hydrogens is 345 g/mol. The number of carbonyl (C=O) groups is 1. The molecule has 128 valence electrons. The van der Waals surface area contributed by atoms with E-state index in [1.165, 1.54) is 5.56 Å². The van der Waals surface area contributed by atoms with Gasteiger partial charge in [-0.3, -0.25) is 4.79 Å². The monoisotopic (exact) mass is 365 g/mol. The minimum absolute atomic E-state index is 0.265. The number of nitrogens with one attached hydrogen (secondary N) is 1. The molecule has 5 heteroatoms. The predicted octanol–water partition coefficient (Wildman–Crippen LogP) is 5.83. The fourth-order valence-corrected chi connectivity index (χ4v) is 3.02. The van der Waals surface area contributed by atoms with Crippen molar-refractivity contribution in [3.8, 4) is 5.75 Å². The van der Waals surface area contributed by atoms with Gasteiger partial charge in [-0.2, -0.15) is 0 Å². The molecule has 2 rings (SSSR count). The van der Waals surface area contributed by atoms with Crippen molar-refractivity contribution < 1.29 is 9.53 Å². The second kappa shape index (κ2) is 7.91.